The third-order valence-electron chi connectivity index (χ3n) is 5.78. The van der Waals surface area contributed by atoms with Crippen LogP contribution in [0.5, 0.6) is 0 Å². The van der Waals surface area contributed by atoms with Crippen molar-refractivity contribution in [2.24, 2.45) is 5.92 Å². The lowest BCUT2D eigenvalue weighted by molar-refractivity contribution is -0.143. The Hall–Kier alpha value is -2.00. The lowest BCUT2D eigenvalue weighted by atomic mass is 10.0. The van der Waals surface area contributed by atoms with Gasteiger partial charge in [0.1, 0.15) is 11.9 Å². The Bertz CT molecular complexity index is 873. The van der Waals surface area contributed by atoms with Crippen molar-refractivity contribution in [3.05, 3.63) is 35.6 Å². The van der Waals surface area contributed by atoms with Crippen LogP contribution in [0.15, 0.2) is 24.3 Å². The van der Waals surface area contributed by atoms with Gasteiger partial charge in [-0.2, -0.15) is 0 Å². The predicted octanol–water partition coefficient (Wildman–Crippen LogP) is 0.761. The van der Waals surface area contributed by atoms with Crippen molar-refractivity contribution in [2.75, 3.05) is 37.7 Å². The average molecular weight is 410 g/mol. The molecule has 0 saturated carbocycles. The normalized spacial score (nSPS) is 30.0. The molecule has 9 heteroatoms. The number of hydrogen-bond acceptors (Lipinski definition) is 5. The summed E-state index contributed by atoms with van der Waals surface area (Å²) in [7, 11) is -3.09. The molecule has 1 aromatic carbocycles. The molecule has 7 nitrogen and oxygen atoms in total. The summed E-state index contributed by atoms with van der Waals surface area (Å²) >= 11 is 0. The van der Waals surface area contributed by atoms with Crippen molar-refractivity contribution < 1.29 is 27.1 Å². The molecule has 28 heavy (non-hydrogen) atoms. The Morgan fingerprint density at radius 1 is 1.18 bits per heavy atom. The number of carbonyl (C=O) groups excluding carboxylic acids is 2. The van der Waals surface area contributed by atoms with E-state index in [-0.39, 0.29) is 54.2 Å². The highest BCUT2D eigenvalue weighted by Crippen LogP contribution is 2.29. The first-order chi connectivity index (χ1) is 13.3. The van der Waals surface area contributed by atoms with Crippen molar-refractivity contribution in [1.29, 1.82) is 0 Å². The number of rotatable bonds is 3. The number of hydrogen-bond donors (Lipinski definition) is 0. The van der Waals surface area contributed by atoms with Crippen molar-refractivity contribution in [1.82, 2.24) is 9.80 Å². The first-order valence-electron chi connectivity index (χ1n) is 9.48. The molecule has 1 aromatic rings. The summed E-state index contributed by atoms with van der Waals surface area (Å²) in [4.78, 5) is 28.6. The second kappa shape index (κ2) is 7.44. The van der Waals surface area contributed by atoms with Gasteiger partial charge in [-0.25, -0.2) is 12.8 Å². The Kier molecular flexibility index (Phi) is 5.13. The fraction of sp³-hybridized carbons (Fsp3) is 0.579. The number of halogens is 1. The molecule has 3 atom stereocenters. The van der Waals surface area contributed by atoms with Crippen LogP contribution in [0.3, 0.4) is 0 Å². The van der Waals surface area contributed by atoms with Crippen LogP contribution < -0.4 is 0 Å². The summed E-state index contributed by atoms with van der Waals surface area (Å²) in [5, 5.41) is 0. The summed E-state index contributed by atoms with van der Waals surface area (Å²) in [6, 6.07) is 5.71. The molecule has 0 radical (unpaired) electrons. The van der Waals surface area contributed by atoms with Crippen LogP contribution >= 0.6 is 0 Å². The second-order valence-corrected chi connectivity index (χ2v) is 9.93. The van der Waals surface area contributed by atoms with Crippen LogP contribution in [0.4, 0.5) is 4.39 Å². The van der Waals surface area contributed by atoms with E-state index in [1.165, 1.54) is 12.1 Å². The molecule has 0 aromatic heterocycles. The zero-order valence-electron chi connectivity index (χ0n) is 15.4. The molecular weight excluding hydrogens is 387 g/mol. The van der Waals surface area contributed by atoms with E-state index < -0.39 is 15.8 Å². The molecule has 3 aliphatic rings. The molecule has 0 spiro atoms. The van der Waals surface area contributed by atoms with E-state index in [1.54, 1.807) is 21.9 Å². The lowest BCUT2D eigenvalue weighted by Gasteiger charge is -2.34. The van der Waals surface area contributed by atoms with Gasteiger partial charge in [0.15, 0.2) is 9.84 Å². The molecule has 3 saturated heterocycles. The van der Waals surface area contributed by atoms with Gasteiger partial charge in [-0.1, -0.05) is 12.1 Å². The smallest absolute Gasteiger partial charge is 0.228 e. The van der Waals surface area contributed by atoms with E-state index >= 15 is 0 Å². The van der Waals surface area contributed by atoms with Gasteiger partial charge in [-0.3, -0.25) is 9.59 Å². The molecule has 3 heterocycles. The Morgan fingerprint density at radius 2 is 1.93 bits per heavy atom. The number of benzene rings is 1. The SMILES string of the molecule is O=C([C@@H]1CC(=O)N([C@H]2CCS(=O)(=O)C2)C1)N1CCO[C@H](c2ccc(F)cc2)C1. The zero-order valence-corrected chi connectivity index (χ0v) is 16.2. The summed E-state index contributed by atoms with van der Waals surface area (Å²) < 4.78 is 42.3. The minimum absolute atomic E-state index is 0.0101. The van der Waals surface area contributed by atoms with Crippen molar-refractivity contribution >= 4 is 21.7 Å². The number of carbonyl (C=O) groups is 2. The predicted molar refractivity (Wildman–Crippen MR) is 98.6 cm³/mol. The summed E-state index contributed by atoms with van der Waals surface area (Å²) in [5.41, 5.74) is 0.805. The molecule has 2 amide bonds. The second-order valence-electron chi connectivity index (χ2n) is 7.70. The fourth-order valence-electron chi connectivity index (χ4n) is 4.26. The van der Waals surface area contributed by atoms with Gasteiger partial charge < -0.3 is 14.5 Å². The highest BCUT2D eigenvalue weighted by Gasteiger charge is 2.43. The molecule has 152 valence electrons. The van der Waals surface area contributed by atoms with Gasteiger partial charge in [-0.15, -0.1) is 0 Å². The van der Waals surface area contributed by atoms with Crippen molar-refractivity contribution in [3.63, 3.8) is 0 Å². The van der Waals surface area contributed by atoms with E-state index in [9.17, 15) is 22.4 Å². The molecular formula is C19H23FN2O5S. The maximum atomic E-state index is 13.1. The van der Waals surface area contributed by atoms with Crippen molar-refractivity contribution in [3.8, 4) is 0 Å². The molecule has 3 aliphatic heterocycles. The number of sulfone groups is 1. The van der Waals surface area contributed by atoms with Gasteiger partial charge >= 0.3 is 0 Å². The van der Waals surface area contributed by atoms with Crippen LogP contribution in [-0.2, 0) is 24.2 Å². The molecule has 0 unspecified atom stereocenters. The van der Waals surface area contributed by atoms with E-state index in [0.29, 0.717) is 26.1 Å². The van der Waals surface area contributed by atoms with E-state index in [1.807, 2.05) is 0 Å². The Balaban J connectivity index is 1.40. The Labute approximate surface area is 163 Å². The standard InChI is InChI=1S/C19H23FN2O5S/c20-15-3-1-13(2-4-15)17-11-21(6-7-27-17)19(24)14-9-18(23)22(10-14)16-5-8-28(25,26)12-16/h1-4,14,16-17H,5-12H2/t14-,16+,17+/m1/s1. The number of ether oxygens (including phenoxy) is 1. The Morgan fingerprint density at radius 3 is 2.61 bits per heavy atom. The molecule has 4 rings (SSSR count). The lowest BCUT2D eigenvalue weighted by Crippen LogP contribution is -2.46. The summed E-state index contributed by atoms with van der Waals surface area (Å²) in [6.07, 6.45) is 0.235. The maximum absolute atomic E-state index is 13.1. The van der Waals surface area contributed by atoms with Gasteiger partial charge in [0, 0.05) is 25.6 Å². The van der Waals surface area contributed by atoms with Crippen LogP contribution in [0.2, 0.25) is 0 Å². The highest BCUT2D eigenvalue weighted by molar-refractivity contribution is 7.91. The number of amides is 2. The number of morpholine rings is 1. The third-order valence-corrected chi connectivity index (χ3v) is 7.53. The topological polar surface area (TPSA) is 84.0 Å². The molecule has 3 fully saturated rings. The van der Waals surface area contributed by atoms with E-state index in [2.05, 4.69) is 0 Å². The van der Waals surface area contributed by atoms with Gasteiger partial charge in [0.2, 0.25) is 11.8 Å². The van der Waals surface area contributed by atoms with E-state index in [4.69, 9.17) is 4.74 Å². The fourth-order valence-corrected chi connectivity index (χ4v) is 5.99. The van der Waals surface area contributed by atoms with Gasteiger partial charge in [0.25, 0.3) is 0 Å². The largest absolute Gasteiger partial charge is 0.370 e. The monoisotopic (exact) mass is 410 g/mol. The average Bonchev–Trinajstić information content (AvgIpc) is 3.23. The quantitative estimate of drug-likeness (QED) is 0.735. The third kappa shape index (κ3) is 3.91. The maximum Gasteiger partial charge on any atom is 0.228 e. The van der Waals surface area contributed by atoms with Crippen LogP contribution in [0.25, 0.3) is 0 Å². The van der Waals surface area contributed by atoms with E-state index in [0.717, 1.165) is 5.56 Å². The first kappa shape index (κ1) is 19.3. The molecule has 0 aliphatic carbocycles. The van der Waals surface area contributed by atoms with Crippen LogP contribution in [0.1, 0.15) is 24.5 Å². The molecule has 0 bridgehead atoms. The minimum Gasteiger partial charge on any atom is -0.370 e. The molecule has 0 N–H and O–H groups in total. The van der Waals surface area contributed by atoms with Gasteiger partial charge in [-0.05, 0) is 24.1 Å². The number of likely N-dealkylation sites (tertiary alicyclic amines) is 1. The number of nitrogens with zero attached hydrogens (tertiary/aromatic N) is 2. The van der Waals surface area contributed by atoms with Gasteiger partial charge in [0.05, 0.1) is 30.6 Å². The minimum atomic E-state index is -3.09. The summed E-state index contributed by atoms with van der Waals surface area (Å²) in [6.45, 7) is 1.45. The van der Waals surface area contributed by atoms with Crippen molar-refractivity contribution in [2.45, 2.75) is 25.0 Å². The van der Waals surface area contributed by atoms with Crippen LogP contribution in [-0.4, -0.2) is 73.8 Å². The summed E-state index contributed by atoms with van der Waals surface area (Å²) in [5.74, 6) is -0.947. The zero-order chi connectivity index (χ0) is 19.9. The highest BCUT2D eigenvalue weighted by atomic mass is 32.2. The van der Waals surface area contributed by atoms with Crippen LogP contribution in [0, 0.1) is 11.7 Å². The first-order valence-corrected chi connectivity index (χ1v) is 11.3.